The Morgan fingerprint density at radius 1 is 1.07 bits per heavy atom. The molecule has 1 aliphatic heterocycles. The largest absolute Gasteiger partial charge is 0.305 e. The van der Waals surface area contributed by atoms with E-state index in [2.05, 4.69) is 34.0 Å². The SMILES string of the molecule is CC(C)N1CCC(c2cc(NC(=O)c3ccccn3)n(-c3ccccn3)n2)CC1. The van der Waals surface area contributed by atoms with Crippen molar-refractivity contribution in [2.75, 3.05) is 18.4 Å². The van der Waals surface area contributed by atoms with Gasteiger partial charge in [-0.1, -0.05) is 12.1 Å². The Morgan fingerprint density at radius 2 is 1.79 bits per heavy atom. The van der Waals surface area contributed by atoms with Crippen LogP contribution >= 0.6 is 0 Å². The fourth-order valence-electron chi connectivity index (χ4n) is 3.73. The van der Waals surface area contributed by atoms with Gasteiger partial charge in [-0.3, -0.25) is 9.78 Å². The van der Waals surface area contributed by atoms with Crippen molar-refractivity contribution >= 4 is 11.7 Å². The Bertz CT molecular complexity index is 946. The third kappa shape index (κ3) is 4.35. The molecule has 1 fully saturated rings. The molecule has 0 saturated carbocycles. The number of hydrogen-bond acceptors (Lipinski definition) is 5. The second-order valence-electron chi connectivity index (χ2n) is 7.63. The van der Waals surface area contributed by atoms with Gasteiger partial charge in [0.15, 0.2) is 5.82 Å². The summed E-state index contributed by atoms with van der Waals surface area (Å²) in [7, 11) is 0. The molecule has 1 amide bonds. The minimum atomic E-state index is -0.260. The van der Waals surface area contributed by atoms with E-state index in [-0.39, 0.29) is 5.91 Å². The number of likely N-dealkylation sites (tertiary alicyclic amines) is 1. The maximum atomic E-state index is 12.7. The van der Waals surface area contributed by atoms with Gasteiger partial charge < -0.3 is 10.2 Å². The van der Waals surface area contributed by atoms with E-state index >= 15 is 0 Å². The minimum Gasteiger partial charge on any atom is -0.305 e. The van der Waals surface area contributed by atoms with Crippen LogP contribution in [0, 0.1) is 0 Å². The number of rotatable bonds is 5. The fraction of sp³-hybridized carbons (Fsp3) is 0.364. The topological polar surface area (TPSA) is 75.9 Å². The molecule has 7 heteroatoms. The highest BCUT2D eigenvalue weighted by atomic mass is 16.2. The summed E-state index contributed by atoms with van der Waals surface area (Å²) < 4.78 is 1.71. The number of hydrogen-bond donors (Lipinski definition) is 1. The highest BCUT2D eigenvalue weighted by Gasteiger charge is 2.25. The minimum absolute atomic E-state index is 0.260. The van der Waals surface area contributed by atoms with Gasteiger partial charge in [-0.2, -0.15) is 9.78 Å². The fourth-order valence-corrected chi connectivity index (χ4v) is 3.73. The maximum Gasteiger partial charge on any atom is 0.275 e. The predicted molar refractivity (Wildman–Crippen MR) is 112 cm³/mol. The van der Waals surface area contributed by atoms with Crippen LogP contribution in [0.3, 0.4) is 0 Å². The monoisotopic (exact) mass is 390 g/mol. The van der Waals surface area contributed by atoms with Gasteiger partial charge in [-0.05, 0) is 64.0 Å². The molecule has 0 unspecified atom stereocenters. The van der Waals surface area contributed by atoms with Gasteiger partial charge in [0, 0.05) is 30.4 Å². The van der Waals surface area contributed by atoms with Crippen LogP contribution in [0.2, 0.25) is 0 Å². The van der Waals surface area contributed by atoms with E-state index < -0.39 is 0 Å². The van der Waals surface area contributed by atoms with Crippen LogP contribution in [0.5, 0.6) is 0 Å². The van der Waals surface area contributed by atoms with Crippen molar-refractivity contribution < 1.29 is 4.79 Å². The summed E-state index contributed by atoms with van der Waals surface area (Å²) in [5, 5.41) is 7.78. The van der Waals surface area contributed by atoms with E-state index in [1.54, 1.807) is 35.3 Å². The highest BCUT2D eigenvalue weighted by molar-refractivity contribution is 6.02. The van der Waals surface area contributed by atoms with Crippen molar-refractivity contribution in [3.63, 3.8) is 0 Å². The molecule has 0 aliphatic carbocycles. The van der Waals surface area contributed by atoms with Crippen molar-refractivity contribution in [1.29, 1.82) is 0 Å². The van der Waals surface area contributed by atoms with Crippen LogP contribution in [0.15, 0.2) is 54.9 Å². The lowest BCUT2D eigenvalue weighted by Gasteiger charge is -2.33. The maximum absolute atomic E-state index is 12.7. The zero-order valence-corrected chi connectivity index (χ0v) is 16.8. The van der Waals surface area contributed by atoms with Gasteiger partial charge in [-0.25, -0.2) is 4.98 Å². The molecule has 1 saturated heterocycles. The first kappa shape index (κ1) is 19.3. The highest BCUT2D eigenvalue weighted by Crippen LogP contribution is 2.30. The molecule has 1 N–H and O–H groups in total. The van der Waals surface area contributed by atoms with E-state index in [0.717, 1.165) is 31.6 Å². The van der Waals surface area contributed by atoms with Crippen LogP contribution in [-0.4, -0.2) is 49.7 Å². The Hall–Kier alpha value is -3.06. The first-order valence-corrected chi connectivity index (χ1v) is 10.1. The van der Waals surface area contributed by atoms with Gasteiger partial charge in [0.05, 0.1) is 5.69 Å². The summed E-state index contributed by atoms with van der Waals surface area (Å²) in [4.78, 5) is 23.7. The second kappa shape index (κ2) is 8.53. The zero-order chi connectivity index (χ0) is 20.2. The molecule has 7 nitrogen and oxygen atoms in total. The van der Waals surface area contributed by atoms with E-state index in [9.17, 15) is 4.79 Å². The lowest BCUT2D eigenvalue weighted by molar-refractivity contribution is 0.102. The number of pyridine rings is 2. The average molecular weight is 390 g/mol. The van der Waals surface area contributed by atoms with Crippen LogP contribution in [0.25, 0.3) is 5.82 Å². The number of nitrogens with one attached hydrogen (secondary N) is 1. The molecule has 0 radical (unpaired) electrons. The van der Waals surface area contributed by atoms with Crippen LogP contribution in [0.4, 0.5) is 5.82 Å². The Labute approximate surface area is 170 Å². The Kier molecular flexibility index (Phi) is 5.67. The summed E-state index contributed by atoms with van der Waals surface area (Å²) in [5.41, 5.74) is 1.36. The predicted octanol–water partition coefficient (Wildman–Crippen LogP) is 3.50. The van der Waals surface area contributed by atoms with Crippen LogP contribution < -0.4 is 5.32 Å². The van der Waals surface area contributed by atoms with Gasteiger partial charge in [0.1, 0.15) is 11.5 Å². The molecule has 150 valence electrons. The third-order valence-electron chi connectivity index (χ3n) is 5.41. The molecule has 3 aromatic rings. The zero-order valence-electron chi connectivity index (χ0n) is 16.8. The Balaban J connectivity index is 1.61. The molecular weight excluding hydrogens is 364 g/mol. The third-order valence-corrected chi connectivity index (χ3v) is 5.41. The molecule has 1 aliphatic rings. The molecule has 0 spiro atoms. The van der Waals surface area contributed by atoms with Crippen molar-refractivity contribution in [1.82, 2.24) is 24.6 Å². The van der Waals surface area contributed by atoms with Gasteiger partial charge in [0.25, 0.3) is 5.91 Å². The first-order chi connectivity index (χ1) is 14.1. The first-order valence-electron chi connectivity index (χ1n) is 10.1. The lowest BCUT2D eigenvalue weighted by atomic mass is 9.93. The van der Waals surface area contributed by atoms with E-state index in [0.29, 0.717) is 29.3 Å². The van der Waals surface area contributed by atoms with E-state index in [1.165, 1.54) is 0 Å². The number of carbonyl (C=O) groups excluding carboxylic acids is 1. The smallest absolute Gasteiger partial charge is 0.275 e. The normalized spacial score (nSPS) is 15.6. The van der Waals surface area contributed by atoms with Gasteiger partial charge in [-0.15, -0.1) is 0 Å². The summed E-state index contributed by atoms with van der Waals surface area (Å²) in [6.45, 7) is 6.60. The van der Waals surface area contributed by atoms with Gasteiger partial charge >= 0.3 is 0 Å². The second-order valence-corrected chi connectivity index (χ2v) is 7.63. The molecule has 4 heterocycles. The van der Waals surface area contributed by atoms with Crippen molar-refractivity contribution in [3.8, 4) is 5.82 Å². The van der Waals surface area contributed by atoms with Gasteiger partial charge in [0.2, 0.25) is 0 Å². The summed E-state index contributed by atoms with van der Waals surface area (Å²) in [6, 6.07) is 13.5. The molecular formula is C22H26N6O. The summed E-state index contributed by atoms with van der Waals surface area (Å²) >= 11 is 0. The summed E-state index contributed by atoms with van der Waals surface area (Å²) in [5.74, 6) is 1.40. The summed E-state index contributed by atoms with van der Waals surface area (Å²) in [6.07, 6.45) is 5.46. The lowest BCUT2D eigenvalue weighted by Crippen LogP contribution is -2.37. The number of nitrogens with zero attached hydrogens (tertiary/aromatic N) is 5. The Morgan fingerprint density at radius 3 is 2.41 bits per heavy atom. The average Bonchev–Trinajstić information content (AvgIpc) is 3.19. The number of aromatic nitrogens is 4. The van der Waals surface area contributed by atoms with E-state index in [1.807, 2.05) is 24.3 Å². The van der Waals surface area contributed by atoms with Crippen molar-refractivity contribution in [2.24, 2.45) is 0 Å². The molecule has 0 atom stereocenters. The molecule has 4 rings (SSSR count). The van der Waals surface area contributed by atoms with Crippen molar-refractivity contribution in [2.45, 2.75) is 38.6 Å². The molecule has 29 heavy (non-hydrogen) atoms. The van der Waals surface area contributed by atoms with E-state index in [4.69, 9.17) is 5.10 Å². The quantitative estimate of drug-likeness (QED) is 0.722. The number of anilines is 1. The molecule has 3 aromatic heterocycles. The van der Waals surface area contributed by atoms with Crippen LogP contribution in [0.1, 0.15) is 48.8 Å². The number of carbonyl (C=O) groups is 1. The number of amides is 1. The number of piperidine rings is 1. The molecule has 0 bridgehead atoms. The standard InChI is InChI=1S/C22H26N6O/c1-16(2)27-13-9-17(10-14-27)19-15-21(25-22(29)18-7-3-5-11-23-18)28(26-19)20-8-4-6-12-24-20/h3-8,11-12,15-17H,9-10,13-14H2,1-2H3,(H,25,29). The van der Waals surface area contributed by atoms with Crippen molar-refractivity contribution in [3.05, 3.63) is 66.2 Å². The molecule has 0 aromatic carbocycles. The van der Waals surface area contributed by atoms with Crippen LogP contribution in [-0.2, 0) is 0 Å².